The van der Waals surface area contributed by atoms with Gasteiger partial charge in [0.25, 0.3) is 0 Å². The average molecular weight is 304 g/mol. The summed E-state index contributed by atoms with van der Waals surface area (Å²) in [5, 5.41) is 0. The second kappa shape index (κ2) is 6.55. The number of halogens is 3. The molecule has 1 aromatic rings. The van der Waals surface area contributed by atoms with Crippen LogP contribution >= 0.6 is 0 Å². The van der Waals surface area contributed by atoms with Crippen molar-refractivity contribution < 1.29 is 32.5 Å². The summed E-state index contributed by atoms with van der Waals surface area (Å²) in [6.45, 7) is 0. The molecule has 1 aliphatic heterocycles. The molecule has 0 spiro atoms. The highest BCUT2D eigenvalue weighted by molar-refractivity contribution is 5.48. The molecule has 1 fully saturated rings. The molecule has 2 atom stereocenters. The van der Waals surface area contributed by atoms with E-state index in [2.05, 4.69) is 4.89 Å². The van der Waals surface area contributed by atoms with Gasteiger partial charge >= 0.3 is 12.0 Å². The smallest absolute Gasteiger partial charge is 0.304 e. The van der Waals surface area contributed by atoms with E-state index < -0.39 is 18.3 Å². The molecule has 0 bridgehead atoms. The largest absolute Gasteiger partial charge is 0.451 e. The Morgan fingerprint density at radius 1 is 1.19 bits per heavy atom. The van der Waals surface area contributed by atoms with Gasteiger partial charge in [0.05, 0.1) is 0 Å². The summed E-state index contributed by atoms with van der Waals surface area (Å²) in [5.74, 6) is -2.90. The minimum absolute atomic E-state index is 0.173. The van der Waals surface area contributed by atoms with Gasteiger partial charge in [-0.15, -0.1) is 0 Å². The summed E-state index contributed by atoms with van der Waals surface area (Å²) in [4.78, 5) is 19.4. The lowest BCUT2D eigenvalue weighted by molar-refractivity contribution is -0.419. The highest BCUT2D eigenvalue weighted by atomic mass is 19.4. The van der Waals surface area contributed by atoms with Gasteiger partial charge in [0.15, 0.2) is 6.29 Å². The first kappa shape index (κ1) is 15.9. The number of aldehydes is 1. The van der Waals surface area contributed by atoms with Gasteiger partial charge in [0.1, 0.15) is 6.29 Å². The first-order chi connectivity index (χ1) is 9.99. The monoisotopic (exact) mass is 304 g/mol. The Hall–Kier alpha value is -1.44. The van der Waals surface area contributed by atoms with Gasteiger partial charge in [-0.3, -0.25) is 0 Å². The van der Waals surface area contributed by atoms with Crippen molar-refractivity contribution in [1.29, 1.82) is 0 Å². The molecule has 2 unspecified atom stereocenters. The van der Waals surface area contributed by atoms with Gasteiger partial charge in [0, 0.05) is 18.4 Å². The van der Waals surface area contributed by atoms with Crippen molar-refractivity contribution in [3.05, 3.63) is 35.9 Å². The van der Waals surface area contributed by atoms with Crippen molar-refractivity contribution in [1.82, 2.24) is 0 Å². The van der Waals surface area contributed by atoms with Crippen LogP contribution in [0.5, 0.6) is 0 Å². The number of rotatable bonds is 6. The molecule has 0 N–H and O–H groups in total. The van der Waals surface area contributed by atoms with Crippen LogP contribution in [0.2, 0.25) is 0 Å². The maximum atomic E-state index is 13.3. The van der Waals surface area contributed by atoms with Crippen LogP contribution in [-0.4, -0.2) is 18.8 Å². The van der Waals surface area contributed by atoms with E-state index in [-0.39, 0.29) is 12.0 Å². The van der Waals surface area contributed by atoms with Crippen LogP contribution < -0.4 is 0 Å². The molecular formula is C14H15F3O4. The molecule has 2 rings (SSSR count). The van der Waals surface area contributed by atoms with E-state index in [1.807, 2.05) is 0 Å². The van der Waals surface area contributed by atoms with E-state index >= 15 is 0 Å². The zero-order valence-corrected chi connectivity index (χ0v) is 11.1. The molecule has 1 saturated heterocycles. The molecule has 7 heteroatoms. The lowest BCUT2D eigenvalue weighted by Gasteiger charge is -2.27. The topological polar surface area (TPSA) is 44.8 Å². The number of unbranched alkanes of at least 4 members (excludes halogenated alkanes) is 2. The third-order valence-electron chi connectivity index (χ3n) is 3.11. The Kier molecular flexibility index (Phi) is 4.97. The molecule has 0 radical (unpaired) electrons. The van der Waals surface area contributed by atoms with Crippen molar-refractivity contribution in [3.63, 3.8) is 0 Å². The maximum absolute atomic E-state index is 13.3. The van der Waals surface area contributed by atoms with Gasteiger partial charge in [0.2, 0.25) is 0 Å². The van der Waals surface area contributed by atoms with E-state index in [9.17, 15) is 18.0 Å². The summed E-state index contributed by atoms with van der Waals surface area (Å²) in [6, 6.07) is 7.07. The Balaban J connectivity index is 2.09. The fraction of sp³-hybridized carbons (Fsp3) is 0.500. The molecule has 116 valence electrons. The van der Waals surface area contributed by atoms with Gasteiger partial charge in [-0.2, -0.15) is 18.1 Å². The van der Waals surface area contributed by atoms with Crippen molar-refractivity contribution in [2.75, 3.05) is 0 Å². The summed E-state index contributed by atoms with van der Waals surface area (Å²) < 4.78 is 45.0. The van der Waals surface area contributed by atoms with Crippen molar-refractivity contribution in [2.45, 2.75) is 43.9 Å². The fourth-order valence-electron chi connectivity index (χ4n) is 2.04. The zero-order chi connectivity index (χ0) is 15.3. The summed E-state index contributed by atoms with van der Waals surface area (Å²) in [6.07, 6.45) is -3.47. The Morgan fingerprint density at radius 3 is 2.52 bits per heavy atom. The lowest BCUT2D eigenvalue weighted by Crippen LogP contribution is -2.43. The molecule has 4 nitrogen and oxygen atoms in total. The molecular weight excluding hydrogens is 289 g/mol. The number of hydrogen-bond acceptors (Lipinski definition) is 4. The van der Waals surface area contributed by atoms with Crippen LogP contribution in [0, 0.1) is 0 Å². The third-order valence-corrected chi connectivity index (χ3v) is 3.11. The molecule has 1 aliphatic rings. The Bertz CT molecular complexity index is 463. The third kappa shape index (κ3) is 3.42. The van der Waals surface area contributed by atoms with E-state index in [1.165, 1.54) is 24.3 Å². The van der Waals surface area contributed by atoms with Gasteiger partial charge < -0.3 is 9.53 Å². The van der Waals surface area contributed by atoms with Gasteiger partial charge in [-0.05, 0) is 12.8 Å². The quantitative estimate of drug-likeness (QED) is 0.458. The van der Waals surface area contributed by atoms with Crippen LogP contribution in [-0.2, 0) is 25.1 Å². The maximum Gasteiger partial charge on any atom is 0.451 e. The number of alkyl halides is 3. The molecule has 0 saturated carbocycles. The minimum atomic E-state index is -4.77. The molecule has 0 amide bonds. The first-order valence-corrected chi connectivity index (χ1v) is 6.58. The normalized spacial score (nSPS) is 26.0. The van der Waals surface area contributed by atoms with Crippen molar-refractivity contribution in [3.8, 4) is 0 Å². The van der Waals surface area contributed by atoms with Gasteiger partial charge in [-0.1, -0.05) is 30.3 Å². The highest BCUT2D eigenvalue weighted by Gasteiger charge is 2.65. The standard InChI is InChI=1S/C14H15F3O4/c15-14(16,17)13(11-7-3-1-4-8-11)19-12(20-21-13)9-5-2-6-10-18/h1,3-4,7-8,10,12H,2,5-6,9H2. The molecule has 0 aliphatic carbocycles. The minimum Gasteiger partial charge on any atom is -0.304 e. The number of benzene rings is 1. The number of hydrogen-bond donors (Lipinski definition) is 0. The predicted octanol–water partition coefficient (Wildman–Crippen LogP) is 3.47. The SMILES string of the molecule is O=CCCCCC1OOC(c2ccccc2)(C(F)(F)F)O1. The number of carbonyl (C=O) groups is 1. The summed E-state index contributed by atoms with van der Waals surface area (Å²) >= 11 is 0. The van der Waals surface area contributed by atoms with Crippen molar-refractivity contribution >= 4 is 6.29 Å². The lowest BCUT2D eigenvalue weighted by atomic mass is 10.1. The van der Waals surface area contributed by atoms with Crippen LogP contribution in [0.25, 0.3) is 0 Å². The second-order valence-corrected chi connectivity index (χ2v) is 4.66. The molecule has 1 aromatic carbocycles. The Morgan fingerprint density at radius 2 is 1.90 bits per heavy atom. The van der Waals surface area contributed by atoms with E-state index in [4.69, 9.17) is 9.62 Å². The van der Waals surface area contributed by atoms with Crippen LogP contribution in [0.15, 0.2) is 30.3 Å². The van der Waals surface area contributed by atoms with E-state index in [0.717, 1.165) is 6.29 Å². The second-order valence-electron chi connectivity index (χ2n) is 4.66. The van der Waals surface area contributed by atoms with Crippen LogP contribution in [0.1, 0.15) is 31.2 Å². The summed E-state index contributed by atoms with van der Waals surface area (Å²) in [5.41, 5.74) is -0.173. The van der Waals surface area contributed by atoms with E-state index in [0.29, 0.717) is 19.3 Å². The number of carbonyl (C=O) groups excluding carboxylic acids is 1. The summed E-state index contributed by atoms with van der Waals surface area (Å²) in [7, 11) is 0. The zero-order valence-electron chi connectivity index (χ0n) is 11.1. The Labute approximate surface area is 119 Å². The first-order valence-electron chi connectivity index (χ1n) is 6.58. The molecule has 0 aromatic heterocycles. The van der Waals surface area contributed by atoms with Crippen LogP contribution in [0.4, 0.5) is 13.2 Å². The van der Waals surface area contributed by atoms with Crippen LogP contribution in [0.3, 0.4) is 0 Å². The number of ether oxygens (including phenoxy) is 1. The average Bonchev–Trinajstić information content (AvgIpc) is 2.90. The van der Waals surface area contributed by atoms with Gasteiger partial charge in [-0.25, -0.2) is 4.89 Å². The predicted molar refractivity (Wildman–Crippen MR) is 65.8 cm³/mol. The van der Waals surface area contributed by atoms with E-state index in [1.54, 1.807) is 6.07 Å². The highest BCUT2D eigenvalue weighted by Crippen LogP contribution is 2.48. The van der Waals surface area contributed by atoms with Crippen molar-refractivity contribution in [2.24, 2.45) is 0 Å². The molecule has 21 heavy (non-hydrogen) atoms. The fourth-order valence-corrected chi connectivity index (χ4v) is 2.04. The molecule has 1 heterocycles.